The third-order valence-corrected chi connectivity index (χ3v) is 6.43. The topological polar surface area (TPSA) is 46.2 Å². The van der Waals surface area contributed by atoms with Crippen molar-refractivity contribution in [2.75, 3.05) is 0 Å². The van der Waals surface area contributed by atoms with E-state index < -0.39 is 10.0 Å². The van der Waals surface area contributed by atoms with Crippen molar-refractivity contribution in [2.24, 2.45) is 0 Å². The Kier molecular flexibility index (Phi) is 5.60. The van der Waals surface area contributed by atoms with Crippen molar-refractivity contribution in [1.29, 1.82) is 0 Å². The Morgan fingerprint density at radius 2 is 1.55 bits per heavy atom. The number of hydrogen-bond acceptors (Lipinski definition) is 2. The number of nitrogens with one attached hydrogen (secondary N) is 1. The van der Waals surface area contributed by atoms with Gasteiger partial charge in [-0.05, 0) is 25.0 Å². The molecule has 1 aromatic carbocycles. The minimum absolute atomic E-state index is 0.0159. The van der Waals surface area contributed by atoms with Crippen molar-refractivity contribution in [3.63, 3.8) is 0 Å². The first-order valence-electron chi connectivity index (χ1n) is 6.57. The molecule has 0 heterocycles. The molecule has 20 heavy (non-hydrogen) atoms. The summed E-state index contributed by atoms with van der Waals surface area (Å²) in [5.74, 6) is 0. The molecule has 1 fully saturated rings. The van der Waals surface area contributed by atoms with E-state index in [0.717, 1.165) is 38.5 Å². The monoisotopic (exact) mass is 355 g/mol. The summed E-state index contributed by atoms with van der Waals surface area (Å²) in [4.78, 5) is -0.0159. The lowest BCUT2D eigenvalue weighted by molar-refractivity contribution is 0.510. The Labute approximate surface area is 134 Å². The van der Waals surface area contributed by atoms with E-state index >= 15 is 0 Å². The Morgan fingerprint density at radius 3 is 2.15 bits per heavy atom. The highest BCUT2D eigenvalue weighted by Gasteiger charge is 2.24. The molecule has 0 amide bonds. The van der Waals surface area contributed by atoms with E-state index in [2.05, 4.69) is 4.72 Å². The maximum absolute atomic E-state index is 12.4. The van der Waals surface area contributed by atoms with Crippen LogP contribution in [0.4, 0.5) is 0 Å². The fourth-order valence-corrected chi connectivity index (χ4v) is 4.68. The molecule has 0 unspecified atom stereocenters. The summed E-state index contributed by atoms with van der Waals surface area (Å²) in [7, 11) is -3.67. The van der Waals surface area contributed by atoms with Gasteiger partial charge in [0.2, 0.25) is 10.0 Å². The van der Waals surface area contributed by atoms with Gasteiger partial charge >= 0.3 is 0 Å². The first-order valence-corrected chi connectivity index (χ1v) is 9.19. The highest BCUT2D eigenvalue weighted by Crippen LogP contribution is 2.35. The summed E-state index contributed by atoms with van der Waals surface area (Å²) in [6, 6.07) is 2.79. The molecular formula is C13H16Cl3NO2S. The SMILES string of the molecule is O=S(=O)(NC1CCCCCC1)c1ccc(Cl)c(Cl)c1Cl. The predicted molar refractivity (Wildman–Crippen MR) is 83.3 cm³/mol. The summed E-state index contributed by atoms with van der Waals surface area (Å²) in [6.07, 6.45) is 6.12. The molecule has 0 aromatic heterocycles. The predicted octanol–water partition coefficient (Wildman–Crippen LogP) is 4.65. The molecule has 1 aromatic rings. The van der Waals surface area contributed by atoms with Gasteiger partial charge in [-0.25, -0.2) is 13.1 Å². The number of halogens is 3. The van der Waals surface area contributed by atoms with Gasteiger partial charge in [-0.3, -0.25) is 0 Å². The van der Waals surface area contributed by atoms with E-state index in [1.807, 2.05) is 0 Å². The van der Waals surface area contributed by atoms with Crippen LogP contribution in [0.3, 0.4) is 0 Å². The molecule has 1 aliphatic carbocycles. The van der Waals surface area contributed by atoms with Crippen LogP contribution in [0.5, 0.6) is 0 Å². The molecule has 0 atom stereocenters. The summed E-state index contributed by atoms with van der Waals surface area (Å²) in [5.41, 5.74) is 0. The van der Waals surface area contributed by atoms with Crippen molar-refractivity contribution in [3.8, 4) is 0 Å². The smallest absolute Gasteiger partial charge is 0.208 e. The van der Waals surface area contributed by atoms with Crippen molar-refractivity contribution in [3.05, 3.63) is 27.2 Å². The Balaban J connectivity index is 2.24. The highest BCUT2D eigenvalue weighted by molar-refractivity contribution is 7.89. The van der Waals surface area contributed by atoms with Gasteiger partial charge < -0.3 is 0 Å². The van der Waals surface area contributed by atoms with E-state index in [9.17, 15) is 8.42 Å². The quantitative estimate of drug-likeness (QED) is 0.633. The van der Waals surface area contributed by atoms with Crippen molar-refractivity contribution in [1.82, 2.24) is 4.72 Å². The lowest BCUT2D eigenvalue weighted by Gasteiger charge is -2.17. The van der Waals surface area contributed by atoms with Crippen LogP contribution < -0.4 is 4.72 Å². The van der Waals surface area contributed by atoms with Crippen LogP contribution in [0.25, 0.3) is 0 Å². The number of sulfonamides is 1. The number of hydrogen-bond donors (Lipinski definition) is 1. The standard InChI is InChI=1S/C13H16Cl3NO2S/c14-10-7-8-11(13(16)12(10)15)20(18,19)17-9-5-3-1-2-4-6-9/h7-9,17H,1-6H2. The molecule has 1 N–H and O–H groups in total. The molecular weight excluding hydrogens is 341 g/mol. The molecule has 2 rings (SSSR count). The lowest BCUT2D eigenvalue weighted by atomic mass is 10.1. The average Bonchev–Trinajstić information content (AvgIpc) is 2.63. The van der Waals surface area contributed by atoms with Gasteiger partial charge in [0.25, 0.3) is 0 Å². The van der Waals surface area contributed by atoms with Crippen molar-refractivity contribution in [2.45, 2.75) is 49.5 Å². The molecule has 3 nitrogen and oxygen atoms in total. The van der Waals surface area contributed by atoms with Crippen LogP contribution in [0, 0.1) is 0 Å². The van der Waals surface area contributed by atoms with Gasteiger partial charge in [0, 0.05) is 6.04 Å². The van der Waals surface area contributed by atoms with E-state index in [1.54, 1.807) is 0 Å². The van der Waals surface area contributed by atoms with Gasteiger partial charge in [-0.2, -0.15) is 0 Å². The van der Waals surface area contributed by atoms with Crippen LogP contribution in [0.1, 0.15) is 38.5 Å². The van der Waals surface area contributed by atoms with Gasteiger partial charge in [0.15, 0.2) is 0 Å². The summed E-state index contributed by atoms with van der Waals surface area (Å²) < 4.78 is 27.5. The maximum Gasteiger partial charge on any atom is 0.242 e. The second-order valence-corrected chi connectivity index (χ2v) is 7.83. The first-order chi connectivity index (χ1) is 9.42. The Morgan fingerprint density at radius 1 is 0.950 bits per heavy atom. The van der Waals surface area contributed by atoms with Crippen molar-refractivity contribution < 1.29 is 8.42 Å². The van der Waals surface area contributed by atoms with E-state index in [4.69, 9.17) is 34.8 Å². The fraction of sp³-hybridized carbons (Fsp3) is 0.538. The maximum atomic E-state index is 12.4. The summed E-state index contributed by atoms with van der Waals surface area (Å²) in [5, 5.41) is 0.280. The lowest BCUT2D eigenvalue weighted by Crippen LogP contribution is -2.34. The van der Waals surface area contributed by atoms with E-state index in [1.165, 1.54) is 12.1 Å². The molecule has 0 spiro atoms. The minimum atomic E-state index is -3.67. The van der Waals surface area contributed by atoms with Gasteiger partial charge in [-0.15, -0.1) is 0 Å². The average molecular weight is 357 g/mol. The minimum Gasteiger partial charge on any atom is -0.208 e. The van der Waals surface area contributed by atoms with Crippen LogP contribution in [0.2, 0.25) is 15.1 Å². The van der Waals surface area contributed by atoms with Crippen molar-refractivity contribution >= 4 is 44.8 Å². The summed E-state index contributed by atoms with van der Waals surface area (Å²) in [6.45, 7) is 0. The molecule has 1 saturated carbocycles. The second-order valence-electron chi connectivity index (χ2n) is 4.98. The van der Waals surface area contributed by atoms with Crippen LogP contribution in [0.15, 0.2) is 17.0 Å². The van der Waals surface area contributed by atoms with Gasteiger partial charge in [0.1, 0.15) is 4.90 Å². The second kappa shape index (κ2) is 6.84. The third-order valence-electron chi connectivity index (χ3n) is 3.47. The largest absolute Gasteiger partial charge is 0.242 e. The summed E-state index contributed by atoms with van der Waals surface area (Å²) >= 11 is 17.7. The van der Waals surface area contributed by atoms with Crippen LogP contribution >= 0.6 is 34.8 Å². The molecule has 0 radical (unpaired) electrons. The molecule has 112 valence electrons. The van der Waals surface area contributed by atoms with Gasteiger partial charge in [0.05, 0.1) is 15.1 Å². The Bertz CT molecular complexity index is 582. The van der Waals surface area contributed by atoms with E-state index in [0.29, 0.717) is 0 Å². The van der Waals surface area contributed by atoms with E-state index in [-0.39, 0.29) is 26.0 Å². The van der Waals surface area contributed by atoms with Crippen LogP contribution in [-0.2, 0) is 10.0 Å². The number of benzene rings is 1. The third kappa shape index (κ3) is 3.80. The highest BCUT2D eigenvalue weighted by atomic mass is 35.5. The first kappa shape index (κ1) is 16.4. The molecule has 7 heteroatoms. The molecule has 0 saturated heterocycles. The molecule has 1 aliphatic rings. The fourth-order valence-electron chi connectivity index (χ4n) is 2.40. The molecule has 0 bridgehead atoms. The zero-order valence-electron chi connectivity index (χ0n) is 10.8. The Hall–Kier alpha value is -0.000000000000000167. The number of rotatable bonds is 3. The zero-order chi connectivity index (χ0) is 14.8. The molecule has 0 aliphatic heterocycles. The normalized spacial score (nSPS) is 17.9. The zero-order valence-corrected chi connectivity index (χ0v) is 13.9. The van der Waals surface area contributed by atoms with Crippen LogP contribution in [-0.4, -0.2) is 14.5 Å². The van der Waals surface area contributed by atoms with Gasteiger partial charge in [-0.1, -0.05) is 60.5 Å².